The molecule has 6 nitrogen and oxygen atoms in total. The number of rotatable bonds is 8. The number of hydrogen-bond acceptors (Lipinski definition) is 5. The summed E-state index contributed by atoms with van der Waals surface area (Å²) in [7, 11) is 0. The normalized spacial score (nSPS) is 24.8. The highest BCUT2D eigenvalue weighted by Crippen LogP contribution is 2.80. The summed E-state index contributed by atoms with van der Waals surface area (Å²) in [5.41, 5.74) is -6.03. The van der Waals surface area contributed by atoms with Gasteiger partial charge in [-0.2, -0.15) is 5.26 Å². The van der Waals surface area contributed by atoms with Gasteiger partial charge in [-0.25, -0.2) is 31.0 Å². The van der Waals surface area contributed by atoms with Crippen molar-refractivity contribution in [2.45, 2.75) is 55.1 Å². The van der Waals surface area contributed by atoms with Crippen LogP contribution in [0.2, 0.25) is 0 Å². The summed E-state index contributed by atoms with van der Waals surface area (Å²) in [6.45, 7) is -0.882. The summed E-state index contributed by atoms with van der Waals surface area (Å²) in [6, 6.07) is 8.66. The van der Waals surface area contributed by atoms with E-state index in [1.54, 1.807) is 0 Å². The quantitative estimate of drug-likeness (QED) is 0.451. The zero-order valence-electron chi connectivity index (χ0n) is 18.6. The molecule has 3 fully saturated rings. The van der Waals surface area contributed by atoms with Gasteiger partial charge in [-0.05, 0) is 52.8 Å². The lowest BCUT2D eigenvalue weighted by atomic mass is 9.30. The monoisotopic (exact) mass is 507 g/mol. The van der Waals surface area contributed by atoms with Crippen LogP contribution >= 0.6 is 0 Å². The third-order valence-corrected chi connectivity index (χ3v) is 7.60. The maximum Gasteiger partial charge on any atom is 0.287 e. The molecule has 0 spiro atoms. The van der Waals surface area contributed by atoms with Crippen molar-refractivity contribution in [3.8, 4) is 6.07 Å². The molecular weight excluding hydrogens is 488 g/mol. The van der Waals surface area contributed by atoms with Crippen molar-refractivity contribution >= 4 is 0 Å². The van der Waals surface area contributed by atoms with E-state index >= 15 is 8.78 Å². The fourth-order valence-corrected chi connectivity index (χ4v) is 5.80. The summed E-state index contributed by atoms with van der Waals surface area (Å²) in [4.78, 5) is 0. The van der Waals surface area contributed by atoms with Gasteiger partial charge in [0.15, 0.2) is 5.60 Å². The van der Waals surface area contributed by atoms with E-state index in [1.807, 2.05) is 0 Å². The Kier molecular flexibility index (Phi) is 5.23. The van der Waals surface area contributed by atoms with Crippen molar-refractivity contribution in [2.24, 2.45) is 5.41 Å². The third-order valence-electron chi connectivity index (χ3n) is 7.60. The molecule has 1 heterocycles. The number of aromatic nitrogens is 4. The first-order valence-electron chi connectivity index (χ1n) is 11.0. The van der Waals surface area contributed by atoms with E-state index in [4.69, 9.17) is 5.26 Å². The number of tetrazole rings is 1. The van der Waals surface area contributed by atoms with E-state index < -0.39 is 58.4 Å². The van der Waals surface area contributed by atoms with Crippen LogP contribution in [-0.4, -0.2) is 31.2 Å². The van der Waals surface area contributed by atoms with Crippen LogP contribution in [0.15, 0.2) is 48.8 Å². The Morgan fingerprint density at radius 1 is 1.03 bits per heavy atom. The van der Waals surface area contributed by atoms with Crippen LogP contribution in [0.5, 0.6) is 0 Å². The standard InChI is InChI=1S/C24H19F6N5O/c25-17-5-6-18(19(26)9-17)22(36,13-35-14-32-33-34-35)24(29,30)21-10-20(11-21,12-21)15-1-3-16(4-2-15)23(27,28)7-8-31/h1-6,9,14,36H,7,10-13H2/t20?,21?,22-/m1/s1. The molecule has 1 aromatic heterocycles. The van der Waals surface area contributed by atoms with Gasteiger partial charge in [0.25, 0.3) is 11.8 Å². The zero-order chi connectivity index (χ0) is 26.0. The molecule has 1 atom stereocenters. The average molecular weight is 507 g/mol. The fraction of sp³-hybridized carbons (Fsp3) is 0.417. The van der Waals surface area contributed by atoms with Crippen LogP contribution in [0.25, 0.3) is 0 Å². The van der Waals surface area contributed by atoms with Gasteiger partial charge in [0.05, 0.1) is 12.6 Å². The van der Waals surface area contributed by atoms with Gasteiger partial charge in [0, 0.05) is 22.6 Å². The molecule has 3 aromatic rings. The first kappa shape index (κ1) is 24.2. The predicted octanol–water partition coefficient (Wildman–Crippen LogP) is 4.60. The van der Waals surface area contributed by atoms with Crippen LogP contribution in [0.1, 0.15) is 42.4 Å². The number of alkyl halides is 4. The number of hydrogen-bond donors (Lipinski definition) is 1. The topological polar surface area (TPSA) is 87.6 Å². The molecule has 0 amide bonds. The van der Waals surface area contributed by atoms with Gasteiger partial charge in [0.2, 0.25) is 0 Å². The minimum atomic E-state index is -3.88. The van der Waals surface area contributed by atoms with Crippen LogP contribution in [0, 0.1) is 28.4 Å². The van der Waals surface area contributed by atoms with Crippen molar-refractivity contribution in [3.63, 3.8) is 0 Å². The van der Waals surface area contributed by atoms with Gasteiger partial charge >= 0.3 is 0 Å². The molecule has 3 aliphatic rings. The van der Waals surface area contributed by atoms with Crippen LogP contribution in [0.4, 0.5) is 26.3 Å². The highest BCUT2D eigenvalue weighted by molar-refractivity contribution is 5.44. The van der Waals surface area contributed by atoms with Gasteiger partial charge in [0.1, 0.15) is 24.4 Å². The minimum absolute atomic E-state index is 0.0678. The number of halogens is 6. The Bertz CT molecular complexity index is 1320. The second kappa shape index (κ2) is 7.77. The summed E-state index contributed by atoms with van der Waals surface area (Å²) in [5, 5.41) is 30.2. The van der Waals surface area contributed by atoms with Crippen molar-refractivity contribution < 1.29 is 31.4 Å². The fourth-order valence-electron chi connectivity index (χ4n) is 5.80. The molecule has 0 aliphatic heterocycles. The second-order valence-corrected chi connectivity index (χ2v) is 9.77. The molecule has 0 saturated heterocycles. The maximum absolute atomic E-state index is 16.2. The van der Waals surface area contributed by atoms with Crippen molar-refractivity contribution in [1.29, 1.82) is 5.26 Å². The molecule has 0 radical (unpaired) electrons. The Labute approximate surface area is 201 Å². The predicted molar refractivity (Wildman–Crippen MR) is 112 cm³/mol. The van der Waals surface area contributed by atoms with E-state index in [1.165, 1.54) is 30.3 Å². The largest absolute Gasteiger partial charge is 0.377 e. The maximum atomic E-state index is 16.2. The summed E-state index contributed by atoms with van der Waals surface area (Å²) >= 11 is 0. The first-order valence-corrected chi connectivity index (χ1v) is 11.0. The average Bonchev–Trinajstić information content (AvgIpc) is 3.24. The van der Waals surface area contributed by atoms with Crippen LogP contribution < -0.4 is 0 Å². The highest BCUT2D eigenvalue weighted by atomic mass is 19.3. The Morgan fingerprint density at radius 2 is 1.69 bits per heavy atom. The third kappa shape index (κ3) is 3.32. The minimum Gasteiger partial charge on any atom is -0.377 e. The van der Waals surface area contributed by atoms with Gasteiger partial charge in [-0.15, -0.1) is 5.10 Å². The molecule has 2 bridgehead atoms. The molecule has 3 aliphatic carbocycles. The SMILES string of the molecule is N#CCC(F)(F)c1ccc(C23CC(C(F)(F)[C@@](O)(Cn4cnnn4)c4ccc(F)cc4F)(C2)C3)cc1. The molecule has 2 aromatic carbocycles. The number of nitrogens with zero attached hydrogens (tertiary/aromatic N) is 5. The van der Waals surface area contributed by atoms with Crippen LogP contribution in [0.3, 0.4) is 0 Å². The molecule has 6 rings (SSSR count). The van der Waals surface area contributed by atoms with E-state index in [-0.39, 0.29) is 24.8 Å². The highest BCUT2D eigenvalue weighted by Gasteiger charge is 2.82. The lowest BCUT2D eigenvalue weighted by Gasteiger charge is -2.74. The van der Waals surface area contributed by atoms with E-state index in [2.05, 4.69) is 15.5 Å². The lowest BCUT2D eigenvalue weighted by molar-refractivity contribution is -0.347. The smallest absolute Gasteiger partial charge is 0.287 e. The van der Waals surface area contributed by atoms with Crippen molar-refractivity contribution in [2.75, 3.05) is 0 Å². The van der Waals surface area contributed by atoms with Gasteiger partial charge in [-0.3, -0.25) is 0 Å². The van der Waals surface area contributed by atoms with Gasteiger partial charge in [-0.1, -0.05) is 24.3 Å². The molecule has 1 N–H and O–H groups in total. The first-order chi connectivity index (χ1) is 16.9. The Balaban J connectivity index is 1.44. The summed E-state index contributed by atoms with van der Waals surface area (Å²) < 4.78 is 89.3. The number of aliphatic hydroxyl groups is 1. The number of benzene rings is 2. The summed E-state index contributed by atoms with van der Waals surface area (Å²) in [5.74, 6) is -9.53. The van der Waals surface area contributed by atoms with E-state index in [9.17, 15) is 22.7 Å². The van der Waals surface area contributed by atoms with Crippen LogP contribution in [-0.2, 0) is 23.5 Å². The van der Waals surface area contributed by atoms with E-state index in [0.29, 0.717) is 11.6 Å². The zero-order valence-corrected chi connectivity index (χ0v) is 18.6. The van der Waals surface area contributed by atoms with Crippen molar-refractivity contribution in [3.05, 3.63) is 77.1 Å². The van der Waals surface area contributed by atoms with E-state index in [0.717, 1.165) is 23.1 Å². The molecular formula is C24H19F6N5O. The Morgan fingerprint density at radius 3 is 2.25 bits per heavy atom. The molecule has 36 heavy (non-hydrogen) atoms. The summed E-state index contributed by atoms with van der Waals surface area (Å²) in [6.07, 6.45) is -0.187. The second-order valence-electron chi connectivity index (χ2n) is 9.77. The Hall–Kier alpha value is -3.46. The molecule has 188 valence electrons. The molecule has 3 saturated carbocycles. The number of nitriles is 1. The molecule has 0 unspecified atom stereocenters. The molecule has 12 heteroatoms. The van der Waals surface area contributed by atoms with Crippen molar-refractivity contribution in [1.82, 2.24) is 20.2 Å². The van der Waals surface area contributed by atoms with Gasteiger partial charge < -0.3 is 5.11 Å². The lowest BCUT2D eigenvalue weighted by Crippen LogP contribution is -2.76.